The molecule has 1 aliphatic carbocycles. The van der Waals surface area contributed by atoms with Crippen LogP contribution in [-0.2, 0) is 0 Å². The van der Waals surface area contributed by atoms with Gasteiger partial charge in [0.25, 0.3) is 0 Å². The van der Waals surface area contributed by atoms with Crippen LogP contribution in [0, 0.1) is 5.92 Å². The molecule has 1 aliphatic rings. The zero-order chi connectivity index (χ0) is 9.97. The van der Waals surface area contributed by atoms with Gasteiger partial charge in [0, 0.05) is 6.04 Å². The molecule has 1 aromatic rings. The summed E-state index contributed by atoms with van der Waals surface area (Å²) in [6.07, 6.45) is 5.87. The Hall–Kier alpha value is -0.570. The summed E-state index contributed by atoms with van der Waals surface area (Å²) in [5.74, 6) is 0.790. The topological polar surface area (TPSA) is 24.9 Å². The molecule has 0 spiro atoms. The maximum absolute atomic E-state index is 4.20. The van der Waals surface area contributed by atoms with Gasteiger partial charge in [-0.2, -0.15) is 0 Å². The van der Waals surface area contributed by atoms with Crippen molar-refractivity contribution in [3.05, 3.63) is 22.9 Å². The van der Waals surface area contributed by atoms with Gasteiger partial charge in [-0.05, 0) is 46.8 Å². The summed E-state index contributed by atoms with van der Waals surface area (Å²) in [5.41, 5.74) is 1.13. The van der Waals surface area contributed by atoms with Gasteiger partial charge in [-0.3, -0.25) is 0 Å². The van der Waals surface area contributed by atoms with Crippen molar-refractivity contribution < 1.29 is 0 Å². The van der Waals surface area contributed by atoms with Crippen LogP contribution in [0.25, 0.3) is 0 Å². The number of pyridine rings is 1. The van der Waals surface area contributed by atoms with Crippen LogP contribution in [-0.4, -0.2) is 11.0 Å². The van der Waals surface area contributed by atoms with Crippen molar-refractivity contribution in [1.82, 2.24) is 4.98 Å². The molecular formula is C11H15BrN2. The summed E-state index contributed by atoms with van der Waals surface area (Å²) in [5, 5.41) is 3.53. The van der Waals surface area contributed by atoms with E-state index in [1.807, 2.05) is 12.3 Å². The van der Waals surface area contributed by atoms with Crippen molar-refractivity contribution in [3.63, 3.8) is 0 Å². The van der Waals surface area contributed by atoms with Gasteiger partial charge in [0.1, 0.15) is 4.60 Å². The fraction of sp³-hybridized carbons (Fsp3) is 0.545. The maximum atomic E-state index is 4.20. The predicted octanol–water partition coefficient (Wildman–Crippen LogP) is 3.44. The van der Waals surface area contributed by atoms with Crippen molar-refractivity contribution in [2.75, 3.05) is 5.32 Å². The SMILES string of the molecule is CC1CCCC1Nc1ccc(Br)nc1. The van der Waals surface area contributed by atoms with E-state index in [4.69, 9.17) is 0 Å². The molecule has 0 aliphatic heterocycles. The molecule has 1 heterocycles. The Kier molecular flexibility index (Phi) is 3.06. The van der Waals surface area contributed by atoms with Crippen molar-refractivity contribution in [2.45, 2.75) is 32.2 Å². The molecule has 1 aromatic heterocycles. The molecule has 0 aromatic carbocycles. The van der Waals surface area contributed by atoms with Gasteiger partial charge >= 0.3 is 0 Å². The molecule has 1 saturated carbocycles. The Bertz CT molecular complexity index is 297. The largest absolute Gasteiger partial charge is 0.381 e. The van der Waals surface area contributed by atoms with Crippen LogP contribution in [0.2, 0.25) is 0 Å². The molecule has 2 atom stereocenters. The third-order valence-electron chi connectivity index (χ3n) is 2.94. The van der Waals surface area contributed by atoms with E-state index >= 15 is 0 Å². The van der Waals surface area contributed by atoms with Gasteiger partial charge in [-0.25, -0.2) is 4.98 Å². The third kappa shape index (κ3) is 2.27. The van der Waals surface area contributed by atoms with Gasteiger partial charge in [0.05, 0.1) is 11.9 Å². The predicted molar refractivity (Wildman–Crippen MR) is 62.4 cm³/mol. The molecule has 2 rings (SSSR count). The van der Waals surface area contributed by atoms with E-state index in [1.54, 1.807) is 0 Å². The van der Waals surface area contributed by atoms with Crippen molar-refractivity contribution >= 4 is 21.6 Å². The average molecular weight is 255 g/mol. The van der Waals surface area contributed by atoms with Gasteiger partial charge in [-0.1, -0.05) is 13.3 Å². The second kappa shape index (κ2) is 4.30. The van der Waals surface area contributed by atoms with Gasteiger partial charge in [0.2, 0.25) is 0 Å². The second-order valence-corrected chi connectivity index (χ2v) is 4.84. The fourth-order valence-electron chi connectivity index (χ4n) is 2.04. The summed E-state index contributed by atoms with van der Waals surface area (Å²) >= 11 is 3.33. The molecule has 0 saturated heterocycles. The highest BCUT2D eigenvalue weighted by Crippen LogP contribution is 2.27. The molecule has 0 amide bonds. The normalized spacial score (nSPS) is 26.4. The molecule has 0 bridgehead atoms. The van der Waals surface area contributed by atoms with Gasteiger partial charge < -0.3 is 5.32 Å². The van der Waals surface area contributed by atoms with E-state index in [9.17, 15) is 0 Å². The Morgan fingerprint density at radius 1 is 1.43 bits per heavy atom. The van der Waals surface area contributed by atoms with Crippen molar-refractivity contribution in [3.8, 4) is 0 Å². The number of halogens is 1. The summed E-state index contributed by atoms with van der Waals surface area (Å²) in [4.78, 5) is 4.20. The maximum Gasteiger partial charge on any atom is 0.106 e. The van der Waals surface area contributed by atoms with Crippen LogP contribution in [0.1, 0.15) is 26.2 Å². The molecule has 0 radical (unpaired) electrons. The highest BCUT2D eigenvalue weighted by Gasteiger charge is 2.22. The first-order valence-electron chi connectivity index (χ1n) is 5.14. The molecule has 76 valence electrons. The van der Waals surface area contributed by atoms with Crippen molar-refractivity contribution in [2.24, 2.45) is 5.92 Å². The van der Waals surface area contributed by atoms with Crippen LogP contribution in [0.15, 0.2) is 22.9 Å². The third-order valence-corrected chi connectivity index (χ3v) is 3.41. The minimum absolute atomic E-state index is 0.637. The zero-order valence-corrected chi connectivity index (χ0v) is 9.92. The monoisotopic (exact) mass is 254 g/mol. The number of hydrogen-bond donors (Lipinski definition) is 1. The minimum Gasteiger partial charge on any atom is -0.381 e. The smallest absolute Gasteiger partial charge is 0.106 e. The molecule has 1 fully saturated rings. The van der Waals surface area contributed by atoms with Gasteiger partial charge in [-0.15, -0.1) is 0 Å². The number of anilines is 1. The van der Waals surface area contributed by atoms with Crippen LogP contribution < -0.4 is 5.32 Å². The summed E-state index contributed by atoms with van der Waals surface area (Å²) in [6.45, 7) is 2.32. The molecule has 14 heavy (non-hydrogen) atoms. The lowest BCUT2D eigenvalue weighted by molar-refractivity contribution is 0.556. The van der Waals surface area contributed by atoms with E-state index < -0.39 is 0 Å². The summed E-state index contributed by atoms with van der Waals surface area (Å²) in [6, 6.07) is 4.68. The summed E-state index contributed by atoms with van der Waals surface area (Å²) < 4.78 is 0.891. The Labute approximate surface area is 93.3 Å². The first-order chi connectivity index (χ1) is 6.75. The average Bonchev–Trinajstić information content (AvgIpc) is 2.56. The quantitative estimate of drug-likeness (QED) is 0.819. The van der Waals surface area contributed by atoms with E-state index in [2.05, 4.69) is 39.2 Å². The van der Waals surface area contributed by atoms with E-state index in [0.717, 1.165) is 16.2 Å². The van der Waals surface area contributed by atoms with Crippen LogP contribution in [0.4, 0.5) is 5.69 Å². The number of nitrogens with zero attached hydrogens (tertiary/aromatic N) is 1. The highest BCUT2D eigenvalue weighted by atomic mass is 79.9. The standard InChI is InChI=1S/C11H15BrN2/c1-8-3-2-4-10(8)14-9-5-6-11(12)13-7-9/h5-8,10,14H,2-4H2,1H3. The number of rotatable bonds is 2. The molecule has 2 unspecified atom stereocenters. The zero-order valence-electron chi connectivity index (χ0n) is 8.33. The molecule has 3 heteroatoms. The van der Waals surface area contributed by atoms with Crippen LogP contribution >= 0.6 is 15.9 Å². The lowest BCUT2D eigenvalue weighted by Gasteiger charge is -2.18. The Balaban J connectivity index is 2.00. The molecule has 2 nitrogen and oxygen atoms in total. The van der Waals surface area contributed by atoms with Crippen LogP contribution in [0.5, 0.6) is 0 Å². The molecular weight excluding hydrogens is 240 g/mol. The Morgan fingerprint density at radius 3 is 2.86 bits per heavy atom. The Morgan fingerprint density at radius 2 is 2.29 bits per heavy atom. The lowest BCUT2D eigenvalue weighted by atomic mass is 10.1. The fourth-order valence-corrected chi connectivity index (χ4v) is 2.27. The first-order valence-corrected chi connectivity index (χ1v) is 5.93. The molecule has 1 N–H and O–H groups in total. The second-order valence-electron chi connectivity index (χ2n) is 4.03. The number of aromatic nitrogens is 1. The highest BCUT2D eigenvalue weighted by molar-refractivity contribution is 9.10. The lowest BCUT2D eigenvalue weighted by Crippen LogP contribution is -2.21. The number of hydrogen-bond acceptors (Lipinski definition) is 2. The summed E-state index contributed by atoms with van der Waals surface area (Å²) in [7, 11) is 0. The van der Waals surface area contributed by atoms with Gasteiger partial charge in [0.15, 0.2) is 0 Å². The van der Waals surface area contributed by atoms with E-state index in [-0.39, 0.29) is 0 Å². The van der Waals surface area contributed by atoms with E-state index in [1.165, 1.54) is 19.3 Å². The van der Waals surface area contributed by atoms with E-state index in [0.29, 0.717) is 6.04 Å². The van der Waals surface area contributed by atoms with Crippen LogP contribution in [0.3, 0.4) is 0 Å². The number of nitrogens with one attached hydrogen (secondary N) is 1. The first kappa shape index (κ1) is 9.97. The van der Waals surface area contributed by atoms with Crippen molar-refractivity contribution in [1.29, 1.82) is 0 Å². The minimum atomic E-state index is 0.637.